The van der Waals surface area contributed by atoms with Gasteiger partial charge < -0.3 is 9.73 Å². The lowest BCUT2D eigenvalue weighted by atomic mass is 10.1. The molecule has 0 spiro atoms. The second kappa shape index (κ2) is 9.05. The fourth-order valence-electron chi connectivity index (χ4n) is 3.60. The van der Waals surface area contributed by atoms with Crippen molar-refractivity contribution in [3.8, 4) is 22.8 Å². The standard InChI is InChI=1S/C23H18F3N7O2/c24-23(25,26)15-6-3-5-14(13-15)16-8-9-17-19(29-16)33(12-4-11-27-17)22(34)30-21-32-31-20(35-21)18-7-1-2-10-28-18/h1-3,5-10,13,27H,4,11-12H2,(H,30,32,34). The van der Waals surface area contributed by atoms with Crippen LogP contribution in [-0.2, 0) is 6.18 Å². The van der Waals surface area contributed by atoms with Crippen LogP contribution in [0.15, 0.2) is 65.2 Å². The summed E-state index contributed by atoms with van der Waals surface area (Å²) in [7, 11) is 0. The molecule has 0 radical (unpaired) electrons. The highest BCUT2D eigenvalue weighted by molar-refractivity contribution is 6.02. The molecule has 178 valence electrons. The molecular formula is C23H18F3N7O2. The number of benzene rings is 1. The molecule has 0 saturated carbocycles. The van der Waals surface area contributed by atoms with Crippen LogP contribution in [0.4, 0.5) is 35.5 Å². The Bertz CT molecular complexity index is 1360. The van der Waals surface area contributed by atoms with Crippen molar-refractivity contribution in [3.05, 3.63) is 66.4 Å². The maximum Gasteiger partial charge on any atom is 0.416 e. The zero-order valence-electron chi connectivity index (χ0n) is 18.1. The van der Waals surface area contributed by atoms with Gasteiger partial charge in [-0.2, -0.15) is 13.2 Å². The minimum absolute atomic E-state index is 0.122. The summed E-state index contributed by atoms with van der Waals surface area (Å²) in [6.07, 6.45) is -2.29. The van der Waals surface area contributed by atoms with Crippen LogP contribution in [0, 0.1) is 0 Å². The smallest absolute Gasteiger partial charge is 0.401 e. The third kappa shape index (κ3) is 4.76. The number of alkyl halides is 3. The molecule has 3 aromatic heterocycles. The van der Waals surface area contributed by atoms with Crippen molar-refractivity contribution in [2.75, 3.05) is 28.6 Å². The third-order valence-electron chi connectivity index (χ3n) is 5.26. The van der Waals surface area contributed by atoms with Crippen molar-refractivity contribution < 1.29 is 22.4 Å². The van der Waals surface area contributed by atoms with E-state index in [1.54, 1.807) is 36.5 Å². The topological polar surface area (TPSA) is 109 Å². The van der Waals surface area contributed by atoms with E-state index >= 15 is 0 Å². The Kier molecular flexibility index (Phi) is 5.77. The molecule has 1 aliphatic rings. The monoisotopic (exact) mass is 481 g/mol. The van der Waals surface area contributed by atoms with Crippen LogP contribution in [0.1, 0.15) is 12.0 Å². The van der Waals surface area contributed by atoms with Gasteiger partial charge in [-0.3, -0.25) is 15.2 Å². The van der Waals surface area contributed by atoms with Gasteiger partial charge in [0.15, 0.2) is 5.82 Å². The average molecular weight is 481 g/mol. The van der Waals surface area contributed by atoms with E-state index in [0.29, 0.717) is 36.6 Å². The van der Waals surface area contributed by atoms with Gasteiger partial charge in [0.05, 0.1) is 16.9 Å². The van der Waals surface area contributed by atoms with E-state index in [9.17, 15) is 18.0 Å². The van der Waals surface area contributed by atoms with Crippen LogP contribution in [0.2, 0.25) is 0 Å². The fourth-order valence-corrected chi connectivity index (χ4v) is 3.60. The van der Waals surface area contributed by atoms with Crippen molar-refractivity contribution in [1.82, 2.24) is 20.2 Å². The van der Waals surface area contributed by atoms with Crippen molar-refractivity contribution in [3.63, 3.8) is 0 Å². The molecule has 4 aromatic rings. The number of hydrogen-bond acceptors (Lipinski definition) is 7. The second-order valence-corrected chi connectivity index (χ2v) is 7.64. The van der Waals surface area contributed by atoms with Gasteiger partial charge >= 0.3 is 18.2 Å². The molecule has 9 nitrogen and oxygen atoms in total. The summed E-state index contributed by atoms with van der Waals surface area (Å²) in [5.74, 6) is 0.420. The van der Waals surface area contributed by atoms with Crippen LogP contribution >= 0.6 is 0 Å². The minimum Gasteiger partial charge on any atom is -0.401 e. The van der Waals surface area contributed by atoms with Gasteiger partial charge in [-0.05, 0) is 42.8 Å². The maximum atomic E-state index is 13.2. The molecule has 0 aliphatic carbocycles. The van der Waals surface area contributed by atoms with Crippen LogP contribution in [-0.4, -0.2) is 39.3 Å². The molecule has 1 aromatic carbocycles. The van der Waals surface area contributed by atoms with Gasteiger partial charge in [0, 0.05) is 24.8 Å². The van der Waals surface area contributed by atoms with Crippen molar-refractivity contribution in [2.24, 2.45) is 0 Å². The van der Waals surface area contributed by atoms with Crippen LogP contribution < -0.4 is 15.5 Å². The predicted octanol–water partition coefficient (Wildman–Crippen LogP) is 5.07. The van der Waals surface area contributed by atoms with Crippen LogP contribution in [0.25, 0.3) is 22.8 Å². The molecule has 35 heavy (non-hydrogen) atoms. The Morgan fingerprint density at radius 2 is 1.94 bits per heavy atom. The first-order valence-corrected chi connectivity index (χ1v) is 10.6. The summed E-state index contributed by atoms with van der Waals surface area (Å²) < 4.78 is 45.0. The number of pyridine rings is 2. The number of carbonyl (C=O) groups is 1. The molecular weight excluding hydrogens is 463 g/mol. The highest BCUT2D eigenvalue weighted by Gasteiger charge is 2.31. The largest absolute Gasteiger partial charge is 0.416 e. The Morgan fingerprint density at radius 1 is 1.06 bits per heavy atom. The first kappa shape index (κ1) is 22.3. The lowest BCUT2D eigenvalue weighted by Gasteiger charge is -2.21. The van der Waals surface area contributed by atoms with Crippen molar-refractivity contribution in [1.29, 1.82) is 0 Å². The Hall–Kier alpha value is -4.48. The Balaban J connectivity index is 1.43. The van der Waals surface area contributed by atoms with E-state index in [1.165, 1.54) is 17.0 Å². The molecule has 1 aliphatic heterocycles. The number of halogens is 3. The molecule has 0 fully saturated rings. The summed E-state index contributed by atoms with van der Waals surface area (Å²) in [5.41, 5.74) is 0.834. The summed E-state index contributed by atoms with van der Waals surface area (Å²) in [6.45, 7) is 0.901. The predicted molar refractivity (Wildman–Crippen MR) is 122 cm³/mol. The molecule has 0 bridgehead atoms. The SMILES string of the molecule is O=C(Nc1nnc(-c2ccccn2)o1)N1CCCNc2ccc(-c3cccc(C(F)(F)F)c3)nc21. The van der Waals surface area contributed by atoms with E-state index < -0.39 is 17.8 Å². The molecule has 0 atom stereocenters. The van der Waals surface area contributed by atoms with Gasteiger partial charge in [0.1, 0.15) is 5.69 Å². The molecule has 12 heteroatoms. The Morgan fingerprint density at radius 3 is 2.74 bits per heavy atom. The van der Waals surface area contributed by atoms with Gasteiger partial charge in [0.2, 0.25) is 0 Å². The molecule has 0 saturated heterocycles. The highest BCUT2D eigenvalue weighted by atomic mass is 19.4. The number of urea groups is 1. The average Bonchev–Trinajstić information content (AvgIpc) is 3.22. The maximum absolute atomic E-state index is 13.2. The lowest BCUT2D eigenvalue weighted by Crippen LogP contribution is -2.36. The number of nitrogens with zero attached hydrogens (tertiary/aromatic N) is 5. The molecule has 4 heterocycles. The van der Waals surface area contributed by atoms with Crippen molar-refractivity contribution in [2.45, 2.75) is 12.6 Å². The number of fused-ring (bicyclic) bond motifs is 1. The van der Waals surface area contributed by atoms with E-state index in [-0.39, 0.29) is 23.3 Å². The van der Waals surface area contributed by atoms with Crippen LogP contribution in [0.5, 0.6) is 0 Å². The third-order valence-corrected chi connectivity index (χ3v) is 5.26. The summed E-state index contributed by atoms with van der Waals surface area (Å²) in [4.78, 5) is 23.2. The van der Waals surface area contributed by atoms with E-state index in [4.69, 9.17) is 4.42 Å². The van der Waals surface area contributed by atoms with E-state index in [2.05, 4.69) is 30.8 Å². The van der Waals surface area contributed by atoms with Crippen molar-refractivity contribution >= 4 is 23.6 Å². The summed E-state index contributed by atoms with van der Waals surface area (Å²) in [6, 6.07) is 12.7. The van der Waals surface area contributed by atoms with Gasteiger partial charge in [-0.1, -0.05) is 23.3 Å². The number of carbonyl (C=O) groups excluding carboxylic acids is 1. The number of hydrogen-bond donors (Lipinski definition) is 2. The van der Waals surface area contributed by atoms with E-state index in [1.807, 2.05) is 0 Å². The Labute approximate surface area is 197 Å². The molecule has 2 N–H and O–H groups in total. The normalized spacial score (nSPS) is 13.5. The number of nitrogens with one attached hydrogen (secondary N) is 2. The number of amides is 2. The first-order valence-electron chi connectivity index (χ1n) is 10.6. The fraction of sp³-hybridized carbons (Fsp3) is 0.174. The summed E-state index contributed by atoms with van der Waals surface area (Å²) >= 11 is 0. The first-order chi connectivity index (χ1) is 16.9. The molecule has 5 rings (SSSR count). The summed E-state index contributed by atoms with van der Waals surface area (Å²) in [5, 5.41) is 13.5. The zero-order chi connectivity index (χ0) is 24.4. The highest BCUT2D eigenvalue weighted by Crippen LogP contribution is 2.34. The number of anilines is 3. The quantitative estimate of drug-likeness (QED) is 0.421. The molecule has 2 amide bonds. The van der Waals surface area contributed by atoms with Gasteiger partial charge in [0.25, 0.3) is 5.89 Å². The van der Waals surface area contributed by atoms with Gasteiger partial charge in [-0.25, -0.2) is 9.78 Å². The number of rotatable bonds is 3. The van der Waals surface area contributed by atoms with Crippen LogP contribution in [0.3, 0.4) is 0 Å². The minimum atomic E-state index is -4.48. The lowest BCUT2D eigenvalue weighted by molar-refractivity contribution is -0.137. The second-order valence-electron chi connectivity index (χ2n) is 7.64. The number of aromatic nitrogens is 4. The zero-order valence-corrected chi connectivity index (χ0v) is 18.1. The van der Waals surface area contributed by atoms with Gasteiger partial charge in [-0.15, -0.1) is 5.10 Å². The van der Waals surface area contributed by atoms with E-state index in [0.717, 1.165) is 12.1 Å². The molecule has 0 unspecified atom stereocenters.